The summed E-state index contributed by atoms with van der Waals surface area (Å²) in [5.41, 5.74) is 2.76. The number of non-ortho nitro benzene ring substituents is 1. The number of aryl methyl sites for hydroxylation is 1. The van der Waals surface area contributed by atoms with Crippen molar-refractivity contribution in [2.75, 3.05) is 11.2 Å². The number of halogens is 1. The molecule has 32 heavy (non-hydrogen) atoms. The maximum Gasteiger partial charge on any atom is 0.291 e. The van der Waals surface area contributed by atoms with Crippen LogP contribution in [0.1, 0.15) is 21.7 Å². The van der Waals surface area contributed by atoms with E-state index in [1.54, 1.807) is 6.07 Å². The van der Waals surface area contributed by atoms with Crippen molar-refractivity contribution >= 4 is 39.9 Å². The monoisotopic (exact) mass is 450 g/mol. The average molecular weight is 451 g/mol. The summed E-state index contributed by atoms with van der Waals surface area (Å²) in [4.78, 5) is 23.3. The van der Waals surface area contributed by atoms with Crippen LogP contribution in [-0.4, -0.2) is 16.7 Å². The van der Waals surface area contributed by atoms with Gasteiger partial charge in [-0.25, -0.2) is 0 Å². The molecule has 8 heteroatoms. The molecule has 0 saturated heterocycles. The highest BCUT2D eigenvalue weighted by Gasteiger charge is 2.17. The van der Waals surface area contributed by atoms with Crippen molar-refractivity contribution in [1.82, 2.24) is 0 Å². The predicted molar refractivity (Wildman–Crippen MR) is 122 cm³/mol. The van der Waals surface area contributed by atoms with Gasteiger partial charge in [0.15, 0.2) is 5.76 Å². The lowest BCUT2D eigenvalue weighted by atomic mass is 10.1. The molecule has 0 aliphatic heterocycles. The molecule has 4 aromatic rings. The largest absolute Gasteiger partial charge is 0.489 e. The smallest absolute Gasteiger partial charge is 0.291 e. The van der Waals surface area contributed by atoms with Gasteiger partial charge in [-0.3, -0.25) is 14.9 Å². The van der Waals surface area contributed by atoms with Crippen LogP contribution in [0.2, 0.25) is 0 Å². The number of carbonyl (C=O) groups is 1. The van der Waals surface area contributed by atoms with E-state index in [-0.39, 0.29) is 11.4 Å². The van der Waals surface area contributed by atoms with E-state index in [0.29, 0.717) is 41.3 Å². The molecule has 0 saturated carbocycles. The molecule has 1 heterocycles. The summed E-state index contributed by atoms with van der Waals surface area (Å²) in [5, 5.41) is 14.3. The number of nitro benzene ring substituents is 1. The highest BCUT2D eigenvalue weighted by molar-refractivity contribution is 6.18. The quantitative estimate of drug-likeness (QED) is 0.203. The number of rotatable bonds is 8. The SMILES string of the molecule is O=C(Nc1cc(OCc2ccccc2)ccc1CCCl)c1cc2cc([N+](=O)[O-])ccc2o1. The van der Waals surface area contributed by atoms with E-state index in [2.05, 4.69) is 5.32 Å². The molecule has 1 aromatic heterocycles. The molecule has 0 atom stereocenters. The summed E-state index contributed by atoms with van der Waals surface area (Å²) >= 11 is 5.92. The summed E-state index contributed by atoms with van der Waals surface area (Å²) in [7, 11) is 0. The topological polar surface area (TPSA) is 94.6 Å². The second-order valence-corrected chi connectivity index (χ2v) is 7.45. The normalized spacial score (nSPS) is 10.8. The number of nitrogens with zero attached hydrogens (tertiary/aromatic N) is 1. The third-order valence-electron chi connectivity index (χ3n) is 4.88. The molecule has 1 amide bonds. The van der Waals surface area contributed by atoms with Gasteiger partial charge >= 0.3 is 0 Å². The first-order valence-corrected chi connectivity index (χ1v) is 10.4. The van der Waals surface area contributed by atoms with Gasteiger partial charge in [-0.05, 0) is 35.7 Å². The first-order chi connectivity index (χ1) is 15.5. The second kappa shape index (κ2) is 9.53. The number of carbonyl (C=O) groups excluding carboxylic acids is 1. The Bertz CT molecular complexity index is 1270. The molecule has 1 N–H and O–H groups in total. The molecule has 0 fully saturated rings. The van der Waals surface area contributed by atoms with Crippen LogP contribution in [0.3, 0.4) is 0 Å². The van der Waals surface area contributed by atoms with Crippen LogP contribution in [0.5, 0.6) is 5.75 Å². The number of nitrogens with one attached hydrogen (secondary N) is 1. The summed E-state index contributed by atoms with van der Waals surface area (Å²) in [5.74, 6) is 0.567. The Morgan fingerprint density at radius 1 is 1.06 bits per heavy atom. The third-order valence-corrected chi connectivity index (χ3v) is 5.07. The van der Waals surface area contributed by atoms with Crippen molar-refractivity contribution in [2.45, 2.75) is 13.0 Å². The first kappa shape index (κ1) is 21.4. The summed E-state index contributed by atoms with van der Waals surface area (Å²) in [6.07, 6.45) is 0.558. The lowest BCUT2D eigenvalue weighted by Gasteiger charge is -2.13. The number of amides is 1. The minimum Gasteiger partial charge on any atom is -0.489 e. The molecule has 0 bridgehead atoms. The fourth-order valence-electron chi connectivity index (χ4n) is 3.26. The Hall–Kier alpha value is -3.84. The van der Waals surface area contributed by atoms with Crippen LogP contribution in [0.15, 0.2) is 77.2 Å². The van der Waals surface area contributed by atoms with Crippen LogP contribution in [0.25, 0.3) is 11.0 Å². The van der Waals surface area contributed by atoms with Gasteiger partial charge in [-0.1, -0.05) is 36.4 Å². The molecule has 7 nitrogen and oxygen atoms in total. The van der Waals surface area contributed by atoms with E-state index < -0.39 is 10.8 Å². The van der Waals surface area contributed by atoms with Crippen molar-refractivity contribution < 1.29 is 18.9 Å². The number of nitro groups is 1. The highest BCUT2D eigenvalue weighted by Crippen LogP contribution is 2.27. The molecular weight excluding hydrogens is 432 g/mol. The Morgan fingerprint density at radius 3 is 2.62 bits per heavy atom. The minimum atomic E-state index is -0.494. The Balaban J connectivity index is 1.55. The number of anilines is 1. The third kappa shape index (κ3) is 4.90. The standard InChI is InChI=1S/C24H19ClN2O5/c25-11-10-17-6-8-20(31-15-16-4-2-1-3-5-16)14-21(17)26-24(28)23-13-18-12-19(27(29)30)7-9-22(18)32-23/h1-9,12-14H,10-11,15H2,(H,26,28). The van der Waals surface area contributed by atoms with Crippen molar-refractivity contribution in [1.29, 1.82) is 0 Å². The maximum absolute atomic E-state index is 12.8. The minimum absolute atomic E-state index is 0.0490. The van der Waals surface area contributed by atoms with E-state index in [1.807, 2.05) is 42.5 Å². The van der Waals surface area contributed by atoms with E-state index in [0.717, 1.165) is 11.1 Å². The fraction of sp³-hybridized carbons (Fsp3) is 0.125. The lowest BCUT2D eigenvalue weighted by Crippen LogP contribution is -2.13. The number of furan rings is 1. The molecule has 0 unspecified atom stereocenters. The van der Waals surface area contributed by atoms with E-state index in [1.165, 1.54) is 24.3 Å². The Morgan fingerprint density at radius 2 is 1.88 bits per heavy atom. The van der Waals surface area contributed by atoms with Gasteiger partial charge in [0, 0.05) is 35.2 Å². The molecular formula is C24H19ClN2O5. The van der Waals surface area contributed by atoms with Gasteiger partial charge in [-0.2, -0.15) is 0 Å². The lowest BCUT2D eigenvalue weighted by molar-refractivity contribution is -0.384. The van der Waals surface area contributed by atoms with Gasteiger partial charge < -0.3 is 14.5 Å². The molecule has 0 aliphatic rings. The van der Waals surface area contributed by atoms with Crippen LogP contribution in [0, 0.1) is 10.1 Å². The van der Waals surface area contributed by atoms with Crippen LogP contribution < -0.4 is 10.1 Å². The van der Waals surface area contributed by atoms with Gasteiger partial charge in [0.05, 0.1) is 4.92 Å². The van der Waals surface area contributed by atoms with Crippen LogP contribution in [-0.2, 0) is 13.0 Å². The van der Waals surface area contributed by atoms with Crippen LogP contribution >= 0.6 is 11.6 Å². The zero-order valence-electron chi connectivity index (χ0n) is 16.9. The number of hydrogen-bond acceptors (Lipinski definition) is 5. The first-order valence-electron chi connectivity index (χ1n) is 9.88. The summed E-state index contributed by atoms with van der Waals surface area (Å²) < 4.78 is 11.4. The van der Waals surface area contributed by atoms with E-state index in [9.17, 15) is 14.9 Å². The van der Waals surface area contributed by atoms with E-state index in [4.69, 9.17) is 20.8 Å². The number of benzene rings is 3. The Labute approximate surface area is 188 Å². The number of fused-ring (bicyclic) bond motifs is 1. The maximum atomic E-state index is 12.8. The fourth-order valence-corrected chi connectivity index (χ4v) is 3.47. The molecule has 162 valence electrons. The zero-order valence-corrected chi connectivity index (χ0v) is 17.7. The second-order valence-electron chi connectivity index (χ2n) is 7.08. The highest BCUT2D eigenvalue weighted by atomic mass is 35.5. The molecule has 0 spiro atoms. The number of alkyl halides is 1. The molecule has 0 aliphatic carbocycles. The van der Waals surface area contributed by atoms with Gasteiger partial charge in [-0.15, -0.1) is 11.6 Å². The van der Waals surface area contributed by atoms with Crippen molar-refractivity contribution in [3.63, 3.8) is 0 Å². The van der Waals surface area contributed by atoms with Crippen molar-refractivity contribution in [3.8, 4) is 5.75 Å². The van der Waals surface area contributed by atoms with Crippen molar-refractivity contribution in [2.24, 2.45) is 0 Å². The molecule has 3 aromatic carbocycles. The molecule has 4 rings (SSSR count). The average Bonchev–Trinajstić information content (AvgIpc) is 3.23. The molecule has 0 radical (unpaired) electrons. The van der Waals surface area contributed by atoms with Crippen LogP contribution in [0.4, 0.5) is 11.4 Å². The van der Waals surface area contributed by atoms with Gasteiger partial charge in [0.2, 0.25) is 0 Å². The zero-order chi connectivity index (χ0) is 22.5. The summed E-state index contributed by atoms with van der Waals surface area (Å²) in [6.45, 7) is 0.394. The van der Waals surface area contributed by atoms with Gasteiger partial charge in [0.25, 0.3) is 11.6 Å². The van der Waals surface area contributed by atoms with Gasteiger partial charge in [0.1, 0.15) is 17.9 Å². The van der Waals surface area contributed by atoms with E-state index >= 15 is 0 Å². The summed E-state index contributed by atoms with van der Waals surface area (Å²) in [6, 6.07) is 20.9. The van der Waals surface area contributed by atoms with Crippen molar-refractivity contribution in [3.05, 3.63) is 99.8 Å². The Kier molecular flexibility index (Phi) is 6.37. The number of hydrogen-bond donors (Lipinski definition) is 1. The number of ether oxygens (including phenoxy) is 1. The predicted octanol–water partition coefficient (Wildman–Crippen LogP) is 5.95.